The highest BCUT2D eigenvalue weighted by molar-refractivity contribution is 9.10. The quantitative estimate of drug-likeness (QED) is 0.648. The molecule has 0 spiro atoms. The van der Waals surface area contributed by atoms with E-state index in [9.17, 15) is 9.59 Å². The average Bonchev–Trinajstić information content (AvgIpc) is 3.26. The van der Waals surface area contributed by atoms with Gasteiger partial charge in [-0.2, -0.15) is 0 Å². The highest BCUT2D eigenvalue weighted by Gasteiger charge is 2.15. The first-order valence-corrected chi connectivity index (χ1v) is 8.51. The summed E-state index contributed by atoms with van der Waals surface area (Å²) in [5.41, 5.74) is 2.27. The van der Waals surface area contributed by atoms with Crippen LogP contribution in [0, 0.1) is 0 Å². The first-order chi connectivity index (χ1) is 11.5. The van der Waals surface area contributed by atoms with Crippen molar-refractivity contribution in [3.63, 3.8) is 0 Å². The number of aromatic amines is 1. The van der Waals surface area contributed by atoms with Crippen LogP contribution in [0.1, 0.15) is 21.0 Å². The van der Waals surface area contributed by atoms with Gasteiger partial charge in [0.1, 0.15) is 11.4 Å². The van der Waals surface area contributed by atoms with E-state index < -0.39 is 5.97 Å². The number of hydrogen-bond acceptors (Lipinski definition) is 5. The number of anilines is 1. The van der Waals surface area contributed by atoms with Crippen LogP contribution in [0.5, 0.6) is 0 Å². The normalized spacial score (nSPS) is 10.6. The van der Waals surface area contributed by atoms with E-state index >= 15 is 0 Å². The number of nitrogens with one attached hydrogen (secondary N) is 2. The number of ether oxygens (including phenoxy) is 1. The zero-order valence-corrected chi connectivity index (χ0v) is 15.2. The van der Waals surface area contributed by atoms with E-state index in [1.165, 1.54) is 18.4 Å². The molecule has 0 aromatic carbocycles. The van der Waals surface area contributed by atoms with Gasteiger partial charge in [-0.05, 0) is 28.1 Å². The lowest BCUT2D eigenvalue weighted by atomic mass is 10.2. The molecule has 0 radical (unpaired) electrons. The van der Waals surface area contributed by atoms with Gasteiger partial charge < -0.3 is 14.3 Å². The maximum atomic E-state index is 12.3. The third kappa shape index (κ3) is 3.26. The van der Waals surface area contributed by atoms with Crippen LogP contribution in [0.3, 0.4) is 0 Å². The van der Waals surface area contributed by atoms with Gasteiger partial charge in [-0.3, -0.25) is 10.1 Å². The Morgan fingerprint density at radius 3 is 2.88 bits per heavy atom. The van der Waals surface area contributed by atoms with Crippen molar-refractivity contribution < 1.29 is 14.3 Å². The van der Waals surface area contributed by atoms with Gasteiger partial charge in [0, 0.05) is 34.9 Å². The number of amides is 1. The molecule has 24 heavy (non-hydrogen) atoms. The van der Waals surface area contributed by atoms with Crippen LogP contribution >= 0.6 is 27.3 Å². The highest BCUT2D eigenvalue weighted by atomic mass is 79.9. The largest absolute Gasteiger partial charge is 0.464 e. The van der Waals surface area contributed by atoms with Crippen molar-refractivity contribution in [1.29, 1.82) is 0 Å². The predicted octanol–water partition coefficient (Wildman–Crippen LogP) is 3.28. The summed E-state index contributed by atoms with van der Waals surface area (Å²) in [6, 6.07) is 3.39. The minimum absolute atomic E-state index is 0.242. The molecule has 9 heteroatoms. The van der Waals surface area contributed by atoms with Gasteiger partial charge in [-0.1, -0.05) is 0 Å². The van der Waals surface area contributed by atoms with Crippen molar-refractivity contribution >= 4 is 44.3 Å². The molecule has 0 fully saturated rings. The molecular weight excluding hydrogens is 396 g/mol. The minimum atomic E-state index is -0.445. The molecule has 0 aliphatic carbocycles. The molecule has 3 rings (SSSR count). The maximum absolute atomic E-state index is 12.3. The molecule has 0 saturated carbocycles. The lowest BCUT2D eigenvalue weighted by Crippen LogP contribution is -2.15. The lowest BCUT2D eigenvalue weighted by Gasteiger charge is -2.02. The number of methoxy groups -OCH3 is 1. The van der Waals surface area contributed by atoms with Gasteiger partial charge in [0.25, 0.3) is 5.91 Å². The Morgan fingerprint density at radius 1 is 1.42 bits per heavy atom. The van der Waals surface area contributed by atoms with Crippen molar-refractivity contribution in [3.05, 3.63) is 45.8 Å². The molecule has 0 aliphatic heterocycles. The Kier molecular flexibility index (Phi) is 4.54. The van der Waals surface area contributed by atoms with Gasteiger partial charge in [-0.15, -0.1) is 11.3 Å². The second kappa shape index (κ2) is 6.62. The zero-order valence-electron chi connectivity index (χ0n) is 12.8. The first-order valence-electron chi connectivity index (χ1n) is 6.84. The van der Waals surface area contributed by atoms with Gasteiger partial charge in [0.05, 0.1) is 12.8 Å². The molecule has 2 N–H and O–H groups in total. The fourth-order valence-electron chi connectivity index (χ4n) is 2.14. The van der Waals surface area contributed by atoms with E-state index in [1.54, 1.807) is 41.5 Å². The van der Waals surface area contributed by atoms with Crippen LogP contribution in [0.25, 0.3) is 11.3 Å². The van der Waals surface area contributed by atoms with Crippen LogP contribution in [-0.2, 0) is 11.8 Å². The fourth-order valence-corrected chi connectivity index (χ4v) is 3.38. The van der Waals surface area contributed by atoms with Crippen molar-refractivity contribution in [2.75, 3.05) is 12.4 Å². The third-order valence-electron chi connectivity index (χ3n) is 3.31. The summed E-state index contributed by atoms with van der Waals surface area (Å²) in [6.07, 6.45) is 3.47. The fraction of sp³-hybridized carbons (Fsp3) is 0.133. The van der Waals surface area contributed by atoms with Crippen LogP contribution in [0.4, 0.5) is 5.13 Å². The molecule has 0 aliphatic rings. The van der Waals surface area contributed by atoms with Crippen LogP contribution in [-0.4, -0.2) is 33.5 Å². The monoisotopic (exact) mass is 408 g/mol. The Morgan fingerprint density at radius 2 is 2.21 bits per heavy atom. The van der Waals surface area contributed by atoms with E-state index in [-0.39, 0.29) is 5.91 Å². The van der Waals surface area contributed by atoms with Gasteiger partial charge in [0.15, 0.2) is 5.13 Å². The number of carbonyl (C=O) groups excluding carboxylic acids is 2. The van der Waals surface area contributed by atoms with Gasteiger partial charge in [-0.25, -0.2) is 9.78 Å². The number of rotatable bonds is 4. The average molecular weight is 409 g/mol. The first kappa shape index (κ1) is 16.5. The molecule has 0 bridgehead atoms. The summed E-state index contributed by atoms with van der Waals surface area (Å²) in [6.45, 7) is 0. The Bertz CT molecular complexity index is 912. The van der Waals surface area contributed by atoms with E-state index in [4.69, 9.17) is 0 Å². The van der Waals surface area contributed by atoms with Crippen LogP contribution in [0.15, 0.2) is 34.4 Å². The minimum Gasteiger partial charge on any atom is -0.464 e. The van der Waals surface area contributed by atoms with E-state index in [2.05, 4.69) is 36.0 Å². The van der Waals surface area contributed by atoms with Crippen molar-refractivity contribution in [1.82, 2.24) is 14.5 Å². The Hall–Kier alpha value is -2.39. The second-order valence-corrected chi connectivity index (χ2v) is 6.71. The number of esters is 1. The smallest absolute Gasteiger partial charge is 0.354 e. The molecule has 3 aromatic rings. The number of hydrogen-bond donors (Lipinski definition) is 2. The lowest BCUT2D eigenvalue weighted by molar-refractivity contribution is 0.0594. The number of nitrogens with zero attached hydrogens (tertiary/aromatic N) is 2. The van der Waals surface area contributed by atoms with Crippen molar-refractivity contribution in [2.24, 2.45) is 7.05 Å². The third-order valence-corrected chi connectivity index (χ3v) is 4.50. The van der Waals surface area contributed by atoms with Gasteiger partial charge in [0.2, 0.25) is 0 Å². The molecule has 3 heterocycles. The Balaban J connectivity index is 1.76. The number of H-pyrrole nitrogens is 1. The van der Waals surface area contributed by atoms with Crippen LogP contribution < -0.4 is 5.32 Å². The topological polar surface area (TPSA) is 89.0 Å². The summed E-state index contributed by atoms with van der Waals surface area (Å²) < 4.78 is 7.21. The summed E-state index contributed by atoms with van der Waals surface area (Å²) in [4.78, 5) is 30.9. The van der Waals surface area contributed by atoms with Crippen molar-refractivity contribution in [3.8, 4) is 11.3 Å². The standard InChI is InChI=1S/C15H13BrN4O3S/c1-20-6-9(16)4-12(20)13(21)19-15-18-11(7-24-15)8-3-10(17-5-8)14(22)23-2/h3-7,17H,1-2H3,(H,18,19,21). The molecule has 0 atom stereocenters. The van der Waals surface area contributed by atoms with Crippen LogP contribution in [0.2, 0.25) is 0 Å². The SMILES string of the molecule is COC(=O)c1cc(-c2csc(NC(=O)c3cc(Br)cn3C)n2)c[nH]1. The molecular formula is C15H13BrN4O3S. The number of thiazole rings is 1. The maximum Gasteiger partial charge on any atom is 0.354 e. The molecule has 124 valence electrons. The number of aromatic nitrogens is 3. The molecule has 7 nitrogen and oxygen atoms in total. The van der Waals surface area contributed by atoms with Gasteiger partial charge >= 0.3 is 5.97 Å². The summed E-state index contributed by atoms with van der Waals surface area (Å²) >= 11 is 4.65. The molecule has 0 unspecified atom stereocenters. The van der Waals surface area contributed by atoms with Crippen molar-refractivity contribution in [2.45, 2.75) is 0 Å². The number of halogens is 1. The number of aryl methyl sites for hydroxylation is 1. The Labute approximate surface area is 149 Å². The zero-order chi connectivity index (χ0) is 17.3. The summed E-state index contributed by atoms with van der Waals surface area (Å²) in [5.74, 6) is -0.687. The second-order valence-electron chi connectivity index (χ2n) is 4.94. The van der Waals surface area contributed by atoms with E-state index in [0.717, 1.165) is 10.0 Å². The summed E-state index contributed by atoms with van der Waals surface area (Å²) in [5, 5.41) is 5.05. The van der Waals surface area contributed by atoms with E-state index in [1.807, 2.05) is 0 Å². The highest BCUT2D eigenvalue weighted by Crippen LogP contribution is 2.26. The summed E-state index contributed by atoms with van der Waals surface area (Å²) in [7, 11) is 3.11. The van der Waals surface area contributed by atoms with E-state index in [0.29, 0.717) is 22.2 Å². The molecule has 1 amide bonds. The number of carbonyl (C=O) groups is 2. The predicted molar refractivity (Wildman–Crippen MR) is 94.3 cm³/mol. The molecule has 0 saturated heterocycles. The molecule has 3 aromatic heterocycles.